The zero-order chi connectivity index (χ0) is 12.7. The molecule has 0 unspecified atom stereocenters. The Hall–Kier alpha value is -2.43. The van der Waals surface area contributed by atoms with Crippen molar-refractivity contribution in [3.63, 3.8) is 0 Å². The van der Waals surface area contributed by atoms with E-state index in [0.29, 0.717) is 12.2 Å². The molecule has 5 nitrogen and oxygen atoms in total. The molecule has 0 saturated heterocycles. The molecule has 0 aliphatic carbocycles. The summed E-state index contributed by atoms with van der Waals surface area (Å²) in [6, 6.07) is 8.29. The summed E-state index contributed by atoms with van der Waals surface area (Å²) >= 11 is 0. The van der Waals surface area contributed by atoms with Gasteiger partial charge in [0.2, 0.25) is 0 Å². The highest BCUT2D eigenvalue weighted by molar-refractivity contribution is 5.89. The minimum atomic E-state index is -1.26. The predicted octanol–water partition coefficient (Wildman–Crippen LogP) is 1.33. The van der Waals surface area contributed by atoms with Gasteiger partial charge < -0.3 is 10.2 Å². The number of fused-ring (bicyclic) bond motifs is 1. The maximum Gasteiger partial charge on any atom is 0.328 e. The second-order valence-corrected chi connectivity index (χ2v) is 3.18. The average molecular weight is 233 g/mol. The van der Waals surface area contributed by atoms with Gasteiger partial charge >= 0.3 is 11.9 Å². The van der Waals surface area contributed by atoms with Crippen molar-refractivity contribution < 1.29 is 19.8 Å². The number of nitrogens with zero attached hydrogens (tertiary/aromatic N) is 1. The summed E-state index contributed by atoms with van der Waals surface area (Å²) in [5.74, 6) is -2.51. The van der Waals surface area contributed by atoms with Gasteiger partial charge in [0.05, 0.1) is 6.54 Å². The van der Waals surface area contributed by atoms with Crippen LogP contribution in [0.25, 0.3) is 0 Å². The predicted molar refractivity (Wildman–Crippen MR) is 62.2 cm³/mol. The fraction of sp³-hybridized carbons (Fsp3) is 0.0833. The minimum absolute atomic E-state index is 0.558. The molecule has 0 amide bonds. The molecule has 0 fully saturated rings. The first-order valence-electron chi connectivity index (χ1n) is 4.81. The van der Waals surface area contributed by atoms with Crippen LogP contribution in [-0.2, 0) is 16.1 Å². The van der Waals surface area contributed by atoms with E-state index in [0.717, 1.165) is 6.54 Å². The van der Waals surface area contributed by atoms with Crippen molar-refractivity contribution in [1.29, 1.82) is 0 Å². The second-order valence-electron chi connectivity index (χ2n) is 3.18. The lowest BCUT2D eigenvalue weighted by Crippen LogP contribution is -1.91. The average Bonchev–Trinajstić information content (AvgIpc) is 2.75. The fourth-order valence-corrected chi connectivity index (χ4v) is 1.19. The number of carbonyl (C=O) groups is 2. The summed E-state index contributed by atoms with van der Waals surface area (Å²) in [5.41, 5.74) is 2.62. The van der Waals surface area contributed by atoms with Crippen LogP contribution < -0.4 is 0 Å². The first kappa shape index (κ1) is 12.6. The lowest BCUT2D eigenvalue weighted by molar-refractivity contribution is -0.134. The largest absolute Gasteiger partial charge is 0.478 e. The maximum absolute atomic E-state index is 9.55. The van der Waals surface area contributed by atoms with E-state index >= 15 is 0 Å². The third-order valence-corrected chi connectivity index (χ3v) is 1.92. The second kappa shape index (κ2) is 6.22. The van der Waals surface area contributed by atoms with Gasteiger partial charge in [0.25, 0.3) is 0 Å². The Bertz CT molecular complexity index is 461. The SMILES string of the molecule is C1=NCc2ccccc21.O=C(O)/C=C/C(=O)O. The van der Waals surface area contributed by atoms with Gasteiger partial charge in [-0.3, -0.25) is 4.99 Å². The van der Waals surface area contributed by atoms with Gasteiger partial charge in [0.15, 0.2) is 0 Å². The number of carboxylic acid groups (broad SMARTS) is 2. The highest BCUT2D eigenvalue weighted by Crippen LogP contribution is 2.12. The van der Waals surface area contributed by atoms with Crippen LogP contribution in [0, 0.1) is 0 Å². The van der Waals surface area contributed by atoms with Crippen LogP contribution in [0.5, 0.6) is 0 Å². The summed E-state index contributed by atoms with van der Waals surface area (Å²) in [5, 5.41) is 15.6. The molecule has 5 heteroatoms. The Kier molecular flexibility index (Phi) is 4.62. The van der Waals surface area contributed by atoms with E-state index in [4.69, 9.17) is 10.2 Å². The molecular weight excluding hydrogens is 222 g/mol. The van der Waals surface area contributed by atoms with E-state index in [1.165, 1.54) is 11.1 Å². The van der Waals surface area contributed by atoms with Crippen molar-refractivity contribution in [3.8, 4) is 0 Å². The quantitative estimate of drug-likeness (QED) is 0.754. The van der Waals surface area contributed by atoms with Crippen LogP contribution in [0.1, 0.15) is 11.1 Å². The molecule has 2 rings (SSSR count). The summed E-state index contributed by atoms with van der Waals surface area (Å²) in [6.07, 6.45) is 3.04. The monoisotopic (exact) mass is 233 g/mol. The molecule has 1 aliphatic rings. The zero-order valence-electron chi connectivity index (χ0n) is 8.91. The fourth-order valence-electron chi connectivity index (χ4n) is 1.19. The van der Waals surface area contributed by atoms with E-state index in [1.54, 1.807) is 0 Å². The minimum Gasteiger partial charge on any atom is -0.478 e. The molecule has 88 valence electrons. The number of benzene rings is 1. The summed E-state index contributed by atoms with van der Waals surface area (Å²) in [6.45, 7) is 0.871. The molecule has 0 radical (unpaired) electrons. The first-order chi connectivity index (χ1) is 8.09. The number of hydrogen-bond acceptors (Lipinski definition) is 3. The summed E-state index contributed by atoms with van der Waals surface area (Å²) in [4.78, 5) is 23.2. The van der Waals surface area contributed by atoms with Crippen molar-refractivity contribution >= 4 is 18.2 Å². The number of aliphatic imine (C=N–C) groups is 1. The van der Waals surface area contributed by atoms with Gasteiger partial charge in [-0.25, -0.2) is 9.59 Å². The molecule has 0 aromatic heterocycles. The van der Waals surface area contributed by atoms with E-state index in [2.05, 4.69) is 17.1 Å². The van der Waals surface area contributed by atoms with Gasteiger partial charge in [-0.05, 0) is 11.1 Å². The first-order valence-corrected chi connectivity index (χ1v) is 4.81. The summed E-state index contributed by atoms with van der Waals surface area (Å²) in [7, 11) is 0. The highest BCUT2D eigenvalue weighted by Gasteiger charge is 2.01. The van der Waals surface area contributed by atoms with E-state index in [-0.39, 0.29) is 0 Å². The summed E-state index contributed by atoms with van der Waals surface area (Å²) < 4.78 is 0. The molecule has 0 saturated carbocycles. The van der Waals surface area contributed by atoms with Crippen LogP contribution in [0.4, 0.5) is 0 Å². The third kappa shape index (κ3) is 4.74. The van der Waals surface area contributed by atoms with E-state index in [1.807, 2.05) is 18.3 Å². The molecule has 0 atom stereocenters. The Labute approximate surface area is 97.7 Å². The molecule has 1 heterocycles. The van der Waals surface area contributed by atoms with Crippen molar-refractivity contribution in [3.05, 3.63) is 47.5 Å². The van der Waals surface area contributed by atoms with Crippen LogP contribution >= 0.6 is 0 Å². The number of hydrogen-bond donors (Lipinski definition) is 2. The number of rotatable bonds is 2. The third-order valence-electron chi connectivity index (χ3n) is 1.92. The highest BCUT2D eigenvalue weighted by atomic mass is 16.4. The van der Waals surface area contributed by atoms with E-state index in [9.17, 15) is 9.59 Å². The van der Waals surface area contributed by atoms with Crippen molar-refractivity contribution in [2.45, 2.75) is 6.54 Å². The Morgan fingerprint density at radius 3 is 2.24 bits per heavy atom. The van der Waals surface area contributed by atoms with E-state index < -0.39 is 11.9 Å². The van der Waals surface area contributed by atoms with Crippen molar-refractivity contribution in [2.75, 3.05) is 0 Å². The van der Waals surface area contributed by atoms with Gasteiger partial charge in [-0.1, -0.05) is 24.3 Å². The molecule has 2 N–H and O–H groups in total. The molecule has 1 aliphatic heterocycles. The van der Waals surface area contributed by atoms with Crippen LogP contribution in [0.2, 0.25) is 0 Å². The van der Waals surface area contributed by atoms with Crippen LogP contribution in [0.15, 0.2) is 41.4 Å². The van der Waals surface area contributed by atoms with Crippen molar-refractivity contribution in [1.82, 2.24) is 0 Å². The Morgan fingerprint density at radius 1 is 1.12 bits per heavy atom. The maximum atomic E-state index is 9.55. The number of carboxylic acids is 2. The standard InChI is InChI=1S/C8H7N.C4H4O4/c1-2-4-8-6-9-5-7(8)3-1;5-3(6)1-2-4(7)8/h1-5H,6H2;1-2H,(H,5,6)(H,7,8)/b;2-1+. The molecule has 0 bridgehead atoms. The lowest BCUT2D eigenvalue weighted by Gasteiger charge is -1.91. The van der Waals surface area contributed by atoms with Crippen molar-refractivity contribution in [2.24, 2.45) is 4.99 Å². The Morgan fingerprint density at radius 2 is 1.71 bits per heavy atom. The zero-order valence-corrected chi connectivity index (χ0v) is 8.91. The van der Waals surface area contributed by atoms with Gasteiger partial charge in [0, 0.05) is 18.4 Å². The normalized spacial score (nSPS) is 11.8. The molecule has 0 spiro atoms. The van der Waals surface area contributed by atoms with Crippen LogP contribution in [0.3, 0.4) is 0 Å². The molecule has 1 aromatic carbocycles. The van der Waals surface area contributed by atoms with Gasteiger partial charge in [0.1, 0.15) is 0 Å². The number of aliphatic carboxylic acids is 2. The van der Waals surface area contributed by atoms with Crippen LogP contribution in [-0.4, -0.2) is 28.4 Å². The van der Waals surface area contributed by atoms with Gasteiger partial charge in [-0.2, -0.15) is 0 Å². The molecular formula is C12H11NO4. The topological polar surface area (TPSA) is 87.0 Å². The lowest BCUT2D eigenvalue weighted by atomic mass is 10.1. The smallest absolute Gasteiger partial charge is 0.328 e. The molecule has 17 heavy (non-hydrogen) atoms. The van der Waals surface area contributed by atoms with Gasteiger partial charge in [-0.15, -0.1) is 0 Å². The Balaban J connectivity index is 0.000000172. The molecule has 1 aromatic rings.